The van der Waals surface area contributed by atoms with E-state index in [-0.39, 0.29) is 23.4 Å². The molecule has 18 heavy (non-hydrogen) atoms. The molecule has 1 rings (SSSR count). The number of rotatable bonds is 6. The molecule has 8 heteroatoms. The number of nitrogens with zero attached hydrogens (tertiary/aromatic N) is 4. The zero-order chi connectivity index (χ0) is 13.7. The molecule has 8 nitrogen and oxygen atoms in total. The molecule has 1 unspecified atom stereocenters. The van der Waals surface area contributed by atoms with Crippen molar-refractivity contribution in [2.24, 2.45) is 0 Å². The van der Waals surface area contributed by atoms with Gasteiger partial charge in [0, 0.05) is 19.6 Å². The van der Waals surface area contributed by atoms with Crippen LogP contribution < -0.4 is 10.6 Å². The van der Waals surface area contributed by atoms with E-state index < -0.39 is 4.92 Å². The molecule has 0 saturated heterocycles. The first-order valence-corrected chi connectivity index (χ1v) is 5.54. The second-order valence-corrected chi connectivity index (χ2v) is 4.23. The monoisotopic (exact) mass is 254 g/mol. The fraction of sp³-hybridized carbons (Fsp3) is 0.600. The van der Waals surface area contributed by atoms with Crippen LogP contribution in [0.1, 0.15) is 6.92 Å². The molecule has 0 radical (unpaired) electrons. The summed E-state index contributed by atoms with van der Waals surface area (Å²) in [5.74, 6) is 0.434. The standard InChI is InChI=1S/C10H18N6O2/c1-7(5-15(3)4)14-10-8(16(17)18)9(11-2)12-6-13-10/h6-7H,5H2,1-4H3,(H2,11,12,13,14). The maximum atomic E-state index is 11.0. The maximum Gasteiger partial charge on any atom is 0.353 e. The van der Waals surface area contributed by atoms with Crippen molar-refractivity contribution >= 4 is 17.3 Å². The average Bonchev–Trinajstić information content (AvgIpc) is 2.26. The van der Waals surface area contributed by atoms with E-state index in [0.717, 1.165) is 6.54 Å². The van der Waals surface area contributed by atoms with Crippen molar-refractivity contribution in [2.75, 3.05) is 38.3 Å². The summed E-state index contributed by atoms with van der Waals surface area (Å²) in [4.78, 5) is 20.3. The first kappa shape index (κ1) is 14.1. The van der Waals surface area contributed by atoms with Crippen molar-refractivity contribution in [1.82, 2.24) is 14.9 Å². The zero-order valence-corrected chi connectivity index (χ0v) is 11.0. The summed E-state index contributed by atoms with van der Waals surface area (Å²) in [7, 11) is 5.46. The van der Waals surface area contributed by atoms with Gasteiger partial charge < -0.3 is 15.5 Å². The quantitative estimate of drug-likeness (QED) is 0.572. The summed E-state index contributed by atoms with van der Waals surface area (Å²) in [6, 6.07) is 0.0401. The Labute approximate surface area is 106 Å². The van der Waals surface area contributed by atoms with Crippen molar-refractivity contribution in [3.8, 4) is 0 Å². The van der Waals surface area contributed by atoms with Crippen molar-refractivity contribution in [3.63, 3.8) is 0 Å². The molecule has 0 aliphatic heterocycles. The van der Waals surface area contributed by atoms with Crippen LogP contribution in [0.15, 0.2) is 6.33 Å². The molecule has 0 saturated carbocycles. The molecule has 2 N–H and O–H groups in total. The molecule has 1 heterocycles. The van der Waals surface area contributed by atoms with Gasteiger partial charge in [-0.1, -0.05) is 0 Å². The van der Waals surface area contributed by atoms with Gasteiger partial charge in [0.05, 0.1) is 4.92 Å². The zero-order valence-electron chi connectivity index (χ0n) is 11.0. The molecule has 1 aromatic heterocycles. The first-order valence-electron chi connectivity index (χ1n) is 5.54. The van der Waals surface area contributed by atoms with E-state index in [1.807, 2.05) is 25.9 Å². The highest BCUT2D eigenvalue weighted by Crippen LogP contribution is 2.28. The van der Waals surface area contributed by atoms with Crippen molar-refractivity contribution < 1.29 is 4.92 Å². The minimum absolute atomic E-state index is 0.0401. The predicted octanol–water partition coefficient (Wildman–Crippen LogP) is 0.788. The van der Waals surface area contributed by atoms with Gasteiger partial charge in [0.25, 0.3) is 0 Å². The minimum Gasteiger partial charge on any atom is -0.367 e. The lowest BCUT2D eigenvalue weighted by atomic mass is 10.3. The summed E-state index contributed by atoms with van der Waals surface area (Å²) in [6.07, 6.45) is 1.30. The van der Waals surface area contributed by atoms with Crippen LogP contribution in [0.4, 0.5) is 17.3 Å². The number of likely N-dealkylation sites (N-methyl/N-ethyl adjacent to an activating group) is 1. The van der Waals surface area contributed by atoms with Crippen molar-refractivity contribution in [2.45, 2.75) is 13.0 Å². The number of anilines is 2. The molecule has 100 valence electrons. The molecule has 0 amide bonds. The molecular weight excluding hydrogens is 236 g/mol. The second kappa shape index (κ2) is 6.10. The van der Waals surface area contributed by atoms with Crippen LogP contribution in [-0.4, -0.2) is 53.5 Å². The lowest BCUT2D eigenvalue weighted by Gasteiger charge is -2.18. The van der Waals surface area contributed by atoms with Crippen LogP contribution in [0.25, 0.3) is 0 Å². The van der Waals surface area contributed by atoms with Gasteiger partial charge in [-0.2, -0.15) is 0 Å². The Morgan fingerprint density at radius 2 is 2.06 bits per heavy atom. The molecule has 0 bridgehead atoms. The highest BCUT2D eigenvalue weighted by atomic mass is 16.6. The van der Waals surface area contributed by atoms with Gasteiger partial charge in [-0.05, 0) is 21.0 Å². The van der Waals surface area contributed by atoms with Crippen LogP contribution in [-0.2, 0) is 0 Å². The van der Waals surface area contributed by atoms with Gasteiger partial charge in [-0.15, -0.1) is 0 Å². The summed E-state index contributed by atoms with van der Waals surface area (Å²) >= 11 is 0. The SMILES string of the molecule is CNc1ncnc(NC(C)CN(C)C)c1[N+](=O)[O-]. The molecule has 0 aliphatic rings. The summed E-state index contributed by atoms with van der Waals surface area (Å²) < 4.78 is 0. The third-order valence-electron chi connectivity index (χ3n) is 2.26. The molecule has 0 aliphatic carbocycles. The fourth-order valence-corrected chi connectivity index (χ4v) is 1.67. The van der Waals surface area contributed by atoms with Gasteiger partial charge in [0.1, 0.15) is 6.33 Å². The van der Waals surface area contributed by atoms with E-state index in [9.17, 15) is 10.1 Å². The summed E-state index contributed by atoms with van der Waals surface area (Å²) in [6.45, 7) is 2.68. The first-order chi connectivity index (χ1) is 8.45. The Hall–Kier alpha value is -1.96. The second-order valence-electron chi connectivity index (χ2n) is 4.23. The number of nitrogens with one attached hydrogen (secondary N) is 2. The van der Waals surface area contributed by atoms with Gasteiger partial charge in [-0.25, -0.2) is 9.97 Å². The van der Waals surface area contributed by atoms with Gasteiger partial charge in [0.2, 0.25) is 11.6 Å². The van der Waals surface area contributed by atoms with Gasteiger partial charge >= 0.3 is 5.69 Å². The smallest absolute Gasteiger partial charge is 0.353 e. The van der Waals surface area contributed by atoms with Crippen LogP contribution in [0.3, 0.4) is 0 Å². The number of hydrogen-bond donors (Lipinski definition) is 2. The van der Waals surface area contributed by atoms with Crippen molar-refractivity contribution in [3.05, 3.63) is 16.4 Å². The topological polar surface area (TPSA) is 96.2 Å². The Bertz CT molecular complexity index is 423. The minimum atomic E-state index is -0.490. The van der Waals surface area contributed by atoms with E-state index in [4.69, 9.17) is 0 Å². The Kier molecular flexibility index (Phi) is 4.78. The van der Waals surface area contributed by atoms with E-state index in [0.29, 0.717) is 0 Å². The Balaban J connectivity index is 2.98. The largest absolute Gasteiger partial charge is 0.367 e. The highest BCUT2D eigenvalue weighted by molar-refractivity contribution is 5.69. The molecule has 0 spiro atoms. The molecule has 1 aromatic rings. The van der Waals surface area contributed by atoms with Gasteiger partial charge in [0.15, 0.2) is 0 Å². The lowest BCUT2D eigenvalue weighted by Crippen LogP contribution is -2.30. The van der Waals surface area contributed by atoms with E-state index in [1.165, 1.54) is 6.33 Å². The Morgan fingerprint density at radius 3 is 2.56 bits per heavy atom. The third-order valence-corrected chi connectivity index (χ3v) is 2.26. The summed E-state index contributed by atoms with van der Waals surface area (Å²) in [5, 5.41) is 16.8. The van der Waals surface area contributed by atoms with E-state index >= 15 is 0 Å². The normalized spacial score (nSPS) is 12.3. The van der Waals surface area contributed by atoms with Gasteiger partial charge in [-0.3, -0.25) is 10.1 Å². The average molecular weight is 254 g/mol. The fourth-order valence-electron chi connectivity index (χ4n) is 1.67. The van der Waals surface area contributed by atoms with Crippen LogP contribution in [0.5, 0.6) is 0 Å². The van der Waals surface area contributed by atoms with E-state index in [1.54, 1.807) is 7.05 Å². The van der Waals surface area contributed by atoms with Crippen LogP contribution >= 0.6 is 0 Å². The predicted molar refractivity (Wildman–Crippen MR) is 69.9 cm³/mol. The molecule has 0 fully saturated rings. The van der Waals surface area contributed by atoms with Crippen molar-refractivity contribution in [1.29, 1.82) is 0 Å². The molecule has 0 aromatic carbocycles. The number of hydrogen-bond acceptors (Lipinski definition) is 7. The molecule has 1 atom stereocenters. The third kappa shape index (κ3) is 3.52. The highest BCUT2D eigenvalue weighted by Gasteiger charge is 2.23. The lowest BCUT2D eigenvalue weighted by molar-refractivity contribution is -0.383. The maximum absolute atomic E-state index is 11.0. The Morgan fingerprint density at radius 1 is 1.44 bits per heavy atom. The number of aromatic nitrogens is 2. The molecular formula is C10H18N6O2. The number of nitro groups is 1. The summed E-state index contributed by atoms with van der Waals surface area (Å²) in [5.41, 5.74) is -0.134. The van der Waals surface area contributed by atoms with Crippen LogP contribution in [0, 0.1) is 10.1 Å². The van der Waals surface area contributed by atoms with Crippen LogP contribution in [0.2, 0.25) is 0 Å². The van der Waals surface area contributed by atoms with E-state index in [2.05, 4.69) is 20.6 Å².